The van der Waals surface area contributed by atoms with Crippen LogP contribution in [0, 0.1) is 11.6 Å². The maximum atomic E-state index is 13.3. The summed E-state index contributed by atoms with van der Waals surface area (Å²) < 4.78 is 29.8. The van der Waals surface area contributed by atoms with Gasteiger partial charge >= 0.3 is 0 Å². The van der Waals surface area contributed by atoms with Crippen LogP contribution in [0.4, 0.5) is 14.6 Å². The molecule has 6 nitrogen and oxygen atoms in total. The van der Waals surface area contributed by atoms with Crippen molar-refractivity contribution in [2.24, 2.45) is 7.05 Å². The highest BCUT2D eigenvalue weighted by Crippen LogP contribution is 2.15. The summed E-state index contributed by atoms with van der Waals surface area (Å²) in [6, 6.07) is 11.1. The number of imidazole rings is 1. The van der Waals surface area contributed by atoms with Gasteiger partial charge in [0.2, 0.25) is 5.91 Å². The van der Waals surface area contributed by atoms with Gasteiger partial charge in [-0.3, -0.25) is 9.48 Å². The van der Waals surface area contributed by atoms with Gasteiger partial charge in [0, 0.05) is 19.3 Å². The summed E-state index contributed by atoms with van der Waals surface area (Å²) in [5.41, 5.74) is 3.26. The second-order valence-electron chi connectivity index (χ2n) is 6.55. The van der Waals surface area contributed by atoms with Gasteiger partial charge in [-0.15, -0.1) is 0 Å². The molecule has 0 radical (unpaired) electrons. The van der Waals surface area contributed by atoms with Crippen LogP contribution in [0.25, 0.3) is 11.0 Å². The van der Waals surface area contributed by atoms with Crippen molar-refractivity contribution >= 4 is 22.8 Å². The molecule has 28 heavy (non-hydrogen) atoms. The summed E-state index contributed by atoms with van der Waals surface area (Å²) in [6.45, 7) is 0.267. The summed E-state index contributed by atoms with van der Waals surface area (Å²) >= 11 is 0. The molecule has 4 aromatic rings. The van der Waals surface area contributed by atoms with Gasteiger partial charge in [-0.25, -0.2) is 13.8 Å². The number of nitrogens with one attached hydrogen (secondary N) is 1. The minimum absolute atomic E-state index is 0.197. The molecule has 2 aromatic heterocycles. The van der Waals surface area contributed by atoms with Gasteiger partial charge < -0.3 is 9.88 Å². The van der Waals surface area contributed by atoms with Crippen LogP contribution in [-0.4, -0.2) is 25.2 Å². The third-order valence-corrected chi connectivity index (χ3v) is 4.39. The summed E-state index contributed by atoms with van der Waals surface area (Å²) in [5, 5.41) is 6.99. The molecule has 0 bridgehead atoms. The molecule has 0 fully saturated rings. The number of anilines is 1. The number of nitrogens with zero attached hydrogens (tertiary/aromatic N) is 4. The van der Waals surface area contributed by atoms with Crippen molar-refractivity contribution in [1.29, 1.82) is 0 Å². The quantitative estimate of drug-likeness (QED) is 0.577. The summed E-state index contributed by atoms with van der Waals surface area (Å²) in [6.07, 6.45) is 3.59. The fourth-order valence-electron chi connectivity index (χ4n) is 3.01. The number of rotatable bonds is 5. The number of hydrogen-bond acceptors (Lipinski definition) is 3. The molecule has 8 heteroatoms. The molecule has 0 unspecified atom stereocenters. The van der Waals surface area contributed by atoms with Crippen LogP contribution in [0.3, 0.4) is 0 Å². The lowest BCUT2D eigenvalue weighted by Gasteiger charge is -2.04. The monoisotopic (exact) mass is 381 g/mol. The molecule has 2 heterocycles. The van der Waals surface area contributed by atoms with E-state index >= 15 is 0 Å². The molecule has 0 aliphatic carbocycles. The maximum Gasteiger partial charge on any atom is 0.229 e. The highest BCUT2D eigenvalue weighted by atomic mass is 19.2. The van der Waals surface area contributed by atoms with Crippen molar-refractivity contribution in [3.8, 4) is 0 Å². The van der Waals surface area contributed by atoms with Crippen molar-refractivity contribution in [1.82, 2.24) is 19.3 Å². The average molecular weight is 381 g/mol. The first-order valence-electron chi connectivity index (χ1n) is 8.65. The number of benzene rings is 2. The van der Waals surface area contributed by atoms with Crippen LogP contribution in [0.1, 0.15) is 11.1 Å². The lowest BCUT2D eigenvalue weighted by Crippen LogP contribution is -2.15. The van der Waals surface area contributed by atoms with Crippen LogP contribution in [-0.2, 0) is 24.8 Å². The van der Waals surface area contributed by atoms with Crippen LogP contribution in [0.15, 0.2) is 55.0 Å². The van der Waals surface area contributed by atoms with Crippen molar-refractivity contribution in [3.63, 3.8) is 0 Å². The van der Waals surface area contributed by atoms with Crippen LogP contribution in [0.5, 0.6) is 0 Å². The van der Waals surface area contributed by atoms with Crippen molar-refractivity contribution in [2.75, 3.05) is 5.32 Å². The van der Waals surface area contributed by atoms with E-state index in [0.29, 0.717) is 11.4 Å². The predicted molar refractivity (Wildman–Crippen MR) is 101 cm³/mol. The number of aromatic nitrogens is 4. The Bertz CT molecular complexity index is 1160. The van der Waals surface area contributed by atoms with E-state index < -0.39 is 11.6 Å². The Morgan fingerprint density at radius 1 is 1.07 bits per heavy atom. The molecule has 2 aromatic carbocycles. The van der Waals surface area contributed by atoms with Gasteiger partial charge in [0.05, 0.1) is 30.3 Å². The second-order valence-corrected chi connectivity index (χ2v) is 6.55. The molecule has 1 amide bonds. The number of carbonyl (C=O) groups excluding carboxylic acids is 1. The Balaban J connectivity index is 1.39. The molecule has 0 saturated carbocycles. The summed E-state index contributed by atoms with van der Waals surface area (Å²) in [5.74, 6) is -1.59. The topological polar surface area (TPSA) is 64.7 Å². The molecule has 0 saturated heterocycles. The van der Waals surface area contributed by atoms with E-state index in [1.807, 2.05) is 29.8 Å². The van der Waals surface area contributed by atoms with E-state index in [1.165, 1.54) is 6.07 Å². The minimum Gasteiger partial charge on any atom is -0.334 e. The zero-order valence-electron chi connectivity index (χ0n) is 15.1. The number of amides is 1. The van der Waals surface area contributed by atoms with Crippen LogP contribution < -0.4 is 5.32 Å². The number of hydrogen-bond donors (Lipinski definition) is 1. The zero-order chi connectivity index (χ0) is 19.7. The normalized spacial score (nSPS) is 11.1. The second kappa shape index (κ2) is 7.22. The van der Waals surface area contributed by atoms with E-state index in [1.54, 1.807) is 23.3 Å². The molecule has 0 aliphatic rings. The molecule has 4 rings (SSSR count). The first kappa shape index (κ1) is 17.8. The third kappa shape index (κ3) is 3.75. The molecule has 1 N–H and O–H groups in total. The highest BCUT2D eigenvalue weighted by Gasteiger charge is 2.09. The Kier molecular flexibility index (Phi) is 4.60. The third-order valence-electron chi connectivity index (χ3n) is 4.39. The number of fused-ring (bicyclic) bond motifs is 1. The smallest absolute Gasteiger partial charge is 0.229 e. The molecular formula is C20H17F2N5O. The van der Waals surface area contributed by atoms with E-state index in [-0.39, 0.29) is 18.9 Å². The molecule has 142 valence electrons. The zero-order valence-corrected chi connectivity index (χ0v) is 15.1. The lowest BCUT2D eigenvalue weighted by atomic mass is 10.1. The van der Waals surface area contributed by atoms with Crippen molar-refractivity contribution in [2.45, 2.75) is 13.0 Å². The first-order chi connectivity index (χ1) is 13.5. The van der Waals surface area contributed by atoms with Gasteiger partial charge in [0.15, 0.2) is 17.5 Å². The van der Waals surface area contributed by atoms with E-state index in [4.69, 9.17) is 0 Å². The molecule has 0 spiro atoms. The standard InChI is InChI=1S/C20H17F2N5O/c1-26-12-23-17-9-13(3-5-18(17)26)10-20(28)24-19-6-7-27(25-19)11-14-2-4-15(21)16(22)8-14/h2-9,12H,10-11H2,1H3,(H,24,25,28). The van der Waals surface area contributed by atoms with Gasteiger partial charge in [0.1, 0.15) is 0 Å². The Morgan fingerprint density at radius 3 is 2.71 bits per heavy atom. The number of carbonyl (C=O) groups is 1. The Hall–Kier alpha value is -3.55. The molecule has 0 aliphatic heterocycles. The van der Waals surface area contributed by atoms with Gasteiger partial charge in [-0.05, 0) is 35.4 Å². The SMILES string of the molecule is Cn1cnc2cc(CC(=O)Nc3ccn(Cc4ccc(F)c(F)c4)n3)ccc21. The highest BCUT2D eigenvalue weighted by molar-refractivity contribution is 5.92. The van der Waals surface area contributed by atoms with E-state index in [2.05, 4.69) is 15.4 Å². The molecule has 0 atom stereocenters. The summed E-state index contributed by atoms with van der Waals surface area (Å²) in [7, 11) is 1.92. The van der Waals surface area contributed by atoms with Crippen LogP contribution in [0.2, 0.25) is 0 Å². The van der Waals surface area contributed by atoms with E-state index in [9.17, 15) is 13.6 Å². The predicted octanol–water partition coefficient (Wildman–Crippen LogP) is 3.28. The molecular weight excluding hydrogens is 364 g/mol. The van der Waals surface area contributed by atoms with Gasteiger partial charge in [0.25, 0.3) is 0 Å². The number of aryl methyl sites for hydroxylation is 1. The largest absolute Gasteiger partial charge is 0.334 e. The first-order valence-corrected chi connectivity index (χ1v) is 8.65. The van der Waals surface area contributed by atoms with Crippen molar-refractivity contribution in [3.05, 3.63) is 77.8 Å². The van der Waals surface area contributed by atoms with Crippen molar-refractivity contribution < 1.29 is 13.6 Å². The van der Waals surface area contributed by atoms with Gasteiger partial charge in [-0.2, -0.15) is 5.10 Å². The lowest BCUT2D eigenvalue weighted by molar-refractivity contribution is -0.115. The minimum atomic E-state index is -0.900. The fraction of sp³-hybridized carbons (Fsp3) is 0.150. The Morgan fingerprint density at radius 2 is 1.89 bits per heavy atom. The summed E-state index contributed by atoms with van der Waals surface area (Å²) in [4.78, 5) is 16.6. The van der Waals surface area contributed by atoms with Gasteiger partial charge in [-0.1, -0.05) is 12.1 Å². The Labute approximate surface area is 159 Å². The fourth-order valence-corrected chi connectivity index (χ4v) is 3.01. The average Bonchev–Trinajstić information content (AvgIpc) is 3.24. The van der Waals surface area contributed by atoms with Crippen LogP contribution >= 0.6 is 0 Å². The maximum absolute atomic E-state index is 13.3. The number of halogens is 2. The van der Waals surface area contributed by atoms with E-state index in [0.717, 1.165) is 28.7 Å².